The minimum Gasteiger partial charge on any atom is -0.472 e. The predicted molar refractivity (Wildman–Crippen MR) is 80.8 cm³/mol. The quantitative estimate of drug-likeness (QED) is 0.572. The molecule has 0 aliphatic heterocycles. The molecule has 0 saturated heterocycles. The van der Waals surface area contributed by atoms with Gasteiger partial charge in [-0.15, -0.1) is 0 Å². The summed E-state index contributed by atoms with van der Waals surface area (Å²) in [6.07, 6.45) is 9.05. The molecule has 21 heavy (non-hydrogen) atoms. The Balaban J connectivity index is 1.70. The molecule has 0 saturated carbocycles. The fourth-order valence-corrected chi connectivity index (χ4v) is 2.49. The molecule has 0 atom stereocenters. The highest BCUT2D eigenvalue weighted by Gasteiger charge is 2.08. The number of fused-ring (bicyclic) bond motifs is 1. The van der Waals surface area contributed by atoms with Crippen molar-refractivity contribution in [2.75, 3.05) is 0 Å². The second kappa shape index (κ2) is 4.90. The van der Waals surface area contributed by atoms with Crippen LogP contribution in [-0.2, 0) is 6.54 Å². The molecule has 102 valence electrons. The number of benzene rings is 1. The lowest BCUT2D eigenvalue weighted by molar-refractivity contribution is 0.567. The number of nitrogens with zero attached hydrogens (tertiary/aromatic N) is 3. The van der Waals surface area contributed by atoms with Gasteiger partial charge in [0.1, 0.15) is 12.1 Å². The second-order valence-corrected chi connectivity index (χ2v) is 4.93. The zero-order valence-corrected chi connectivity index (χ0v) is 11.3. The van der Waals surface area contributed by atoms with Crippen LogP contribution >= 0.6 is 0 Å². The van der Waals surface area contributed by atoms with Crippen molar-refractivity contribution in [3.8, 4) is 11.4 Å². The van der Waals surface area contributed by atoms with E-state index in [0.717, 1.165) is 34.4 Å². The zero-order valence-electron chi connectivity index (χ0n) is 11.3. The molecular weight excluding hydrogens is 262 g/mol. The van der Waals surface area contributed by atoms with Crippen LogP contribution in [0.2, 0.25) is 0 Å². The summed E-state index contributed by atoms with van der Waals surface area (Å²) in [5, 5.41) is 1.15. The summed E-state index contributed by atoms with van der Waals surface area (Å²) in [7, 11) is 0. The highest BCUT2D eigenvalue weighted by Crippen LogP contribution is 2.20. The molecule has 0 amide bonds. The molecule has 4 rings (SSSR count). The molecule has 3 aromatic heterocycles. The Kier molecular flexibility index (Phi) is 2.78. The average Bonchev–Trinajstić information content (AvgIpc) is 3.18. The van der Waals surface area contributed by atoms with Crippen molar-refractivity contribution in [3.63, 3.8) is 0 Å². The molecule has 0 spiro atoms. The van der Waals surface area contributed by atoms with Gasteiger partial charge in [-0.25, -0.2) is 4.98 Å². The van der Waals surface area contributed by atoms with Crippen molar-refractivity contribution in [2.45, 2.75) is 6.54 Å². The lowest BCUT2D eigenvalue weighted by Crippen LogP contribution is -2.01. The second-order valence-electron chi connectivity index (χ2n) is 4.93. The fourth-order valence-electron chi connectivity index (χ4n) is 2.49. The first-order valence-electron chi connectivity index (χ1n) is 6.77. The van der Waals surface area contributed by atoms with Gasteiger partial charge in [-0.3, -0.25) is 4.98 Å². The van der Waals surface area contributed by atoms with Crippen molar-refractivity contribution >= 4 is 10.9 Å². The van der Waals surface area contributed by atoms with Crippen molar-refractivity contribution < 1.29 is 4.42 Å². The zero-order chi connectivity index (χ0) is 14.1. The Hall–Kier alpha value is -2.88. The van der Waals surface area contributed by atoms with Crippen LogP contribution in [0.5, 0.6) is 0 Å². The van der Waals surface area contributed by atoms with E-state index in [4.69, 9.17) is 4.42 Å². The Morgan fingerprint density at radius 2 is 2.05 bits per heavy atom. The Morgan fingerprint density at radius 1 is 1.10 bits per heavy atom. The van der Waals surface area contributed by atoms with Crippen LogP contribution in [0.25, 0.3) is 22.3 Å². The molecule has 1 aromatic carbocycles. The Morgan fingerprint density at radius 3 is 2.95 bits per heavy atom. The minimum absolute atomic E-state index is 0.734. The van der Waals surface area contributed by atoms with Gasteiger partial charge in [-0.05, 0) is 23.8 Å². The van der Waals surface area contributed by atoms with Gasteiger partial charge in [0.2, 0.25) is 0 Å². The maximum absolute atomic E-state index is 5.14. The van der Waals surface area contributed by atoms with Crippen molar-refractivity contribution in [2.24, 2.45) is 0 Å². The first kappa shape index (κ1) is 11.9. The summed E-state index contributed by atoms with van der Waals surface area (Å²) in [6.45, 7) is 0.734. The molecule has 0 fully saturated rings. The van der Waals surface area contributed by atoms with Gasteiger partial charge in [-0.2, -0.15) is 0 Å². The maximum Gasteiger partial charge on any atom is 0.143 e. The van der Waals surface area contributed by atoms with E-state index in [0.29, 0.717) is 0 Å². The highest BCUT2D eigenvalue weighted by atomic mass is 16.3. The van der Waals surface area contributed by atoms with E-state index < -0.39 is 0 Å². The molecular formula is C17H13N3O. The Labute approximate surface area is 121 Å². The van der Waals surface area contributed by atoms with Crippen LogP contribution in [0, 0.1) is 0 Å². The van der Waals surface area contributed by atoms with E-state index in [1.54, 1.807) is 18.7 Å². The van der Waals surface area contributed by atoms with Crippen LogP contribution in [0.15, 0.2) is 71.9 Å². The van der Waals surface area contributed by atoms with Crippen molar-refractivity contribution in [3.05, 3.63) is 73.1 Å². The SMILES string of the molecule is c1ccc2ncc(Cn3ccnc3-c3ccoc3)cc2c1. The van der Waals surface area contributed by atoms with Gasteiger partial charge in [0.05, 0.1) is 23.9 Å². The van der Waals surface area contributed by atoms with Crippen LogP contribution in [-0.4, -0.2) is 14.5 Å². The van der Waals surface area contributed by atoms with E-state index in [1.165, 1.54) is 0 Å². The Bertz CT molecular complexity index is 878. The molecule has 0 bridgehead atoms. The van der Waals surface area contributed by atoms with Gasteiger partial charge < -0.3 is 8.98 Å². The molecule has 0 aliphatic carbocycles. The largest absolute Gasteiger partial charge is 0.472 e. The molecule has 0 N–H and O–H groups in total. The number of imidazole rings is 1. The van der Waals surface area contributed by atoms with E-state index in [1.807, 2.05) is 36.7 Å². The van der Waals surface area contributed by atoms with Crippen LogP contribution < -0.4 is 0 Å². The third-order valence-electron chi connectivity index (χ3n) is 3.49. The maximum atomic E-state index is 5.14. The number of hydrogen-bond acceptors (Lipinski definition) is 3. The average molecular weight is 275 g/mol. The standard InChI is InChI=1S/C17H13N3O/c1-2-4-16-14(3-1)9-13(10-19-16)11-20-7-6-18-17(20)15-5-8-21-12-15/h1-10,12H,11H2. The van der Waals surface area contributed by atoms with Crippen LogP contribution in [0.1, 0.15) is 5.56 Å². The number of rotatable bonds is 3. The summed E-state index contributed by atoms with van der Waals surface area (Å²) >= 11 is 0. The van der Waals surface area contributed by atoms with Crippen molar-refractivity contribution in [1.82, 2.24) is 14.5 Å². The highest BCUT2D eigenvalue weighted by molar-refractivity contribution is 5.78. The summed E-state index contributed by atoms with van der Waals surface area (Å²) < 4.78 is 7.23. The van der Waals surface area contributed by atoms with E-state index in [-0.39, 0.29) is 0 Å². The summed E-state index contributed by atoms with van der Waals surface area (Å²) in [5.74, 6) is 0.900. The van der Waals surface area contributed by atoms with Gasteiger partial charge in [0, 0.05) is 24.0 Å². The number of para-hydroxylation sites is 1. The number of pyridine rings is 1. The van der Waals surface area contributed by atoms with E-state index in [2.05, 4.69) is 26.7 Å². The first-order chi connectivity index (χ1) is 10.4. The van der Waals surface area contributed by atoms with Gasteiger partial charge >= 0.3 is 0 Å². The van der Waals surface area contributed by atoms with Crippen LogP contribution in [0.4, 0.5) is 0 Å². The van der Waals surface area contributed by atoms with Gasteiger partial charge in [0.25, 0.3) is 0 Å². The van der Waals surface area contributed by atoms with Gasteiger partial charge in [0.15, 0.2) is 0 Å². The minimum atomic E-state index is 0.734. The fraction of sp³-hybridized carbons (Fsp3) is 0.0588. The van der Waals surface area contributed by atoms with E-state index in [9.17, 15) is 0 Å². The van der Waals surface area contributed by atoms with Crippen molar-refractivity contribution in [1.29, 1.82) is 0 Å². The molecule has 0 aliphatic rings. The van der Waals surface area contributed by atoms with Gasteiger partial charge in [-0.1, -0.05) is 18.2 Å². The third kappa shape index (κ3) is 2.21. The topological polar surface area (TPSA) is 43.9 Å². The third-order valence-corrected chi connectivity index (χ3v) is 3.49. The summed E-state index contributed by atoms with van der Waals surface area (Å²) in [5.41, 5.74) is 3.15. The smallest absolute Gasteiger partial charge is 0.143 e. The number of hydrogen-bond donors (Lipinski definition) is 0. The molecule has 4 heteroatoms. The molecule has 0 radical (unpaired) electrons. The monoisotopic (exact) mass is 275 g/mol. The lowest BCUT2D eigenvalue weighted by Gasteiger charge is -2.07. The molecule has 4 aromatic rings. The summed E-state index contributed by atoms with van der Waals surface area (Å²) in [4.78, 5) is 8.90. The van der Waals surface area contributed by atoms with Crippen LogP contribution in [0.3, 0.4) is 0 Å². The molecule has 4 nitrogen and oxygen atoms in total. The molecule has 3 heterocycles. The number of furan rings is 1. The predicted octanol–water partition coefficient (Wildman–Crippen LogP) is 3.74. The summed E-state index contributed by atoms with van der Waals surface area (Å²) in [6, 6.07) is 12.2. The lowest BCUT2D eigenvalue weighted by atomic mass is 10.1. The normalized spacial score (nSPS) is 11.0. The van der Waals surface area contributed by atoms with E-state index >= 15 is 0 Å². The molecule has 0 unspecified atom stereocenters. The number of aromatic nitrogens is 3. The first-order valence-corrected chi connectivity index (χ1v) is 6.77.